The van der Waals surface area contributed by atoms with Crippen LogP contribution in [0.1, 0.15) is 13.3 Å². The van der Waals surface area contributed by atoms with E-state index < -0.39 is 0 Å². The fourth-order valence-corrected chi connectivity index (χ4v) is 2.73. The van der Waals surface area contributed by atoms with Crippen molar-refractivity contribution in [1.29, 1.82) is 0 Å². The number of rotatable bonds is 7. The Morgan fingerprint density at radius 3 is 2.69 bits per heavy atom. The van der Waals surface area contributed by atoms with Crippen molar-refractivity contribution in [3.8, 4) is 5.75 Å². The number of halogens is 2. The number of hydrogen-bond donors (Lipinski definition) is 3. The van der Waals surface area contributed by atoms with Crippen molar-refractivity contribution in [2.75, 3.05) is 23.8 Å². The summed E-state index contributed by atoms with van der Waals surface area (Å²) in [4.78, 5) is 11.1. The Morgan fingerprint density at radius 2 is 1.96 bits per heavy atom. The molecule has 1 amide bonds. The van der Waals surface area contributed by atoms with Crippen molar-refractivity contribution in [1.82, 2.24) is 5.32 Å². The molecule has 2 aromatic rings. The van der Waals surface area contributed by atoms with Gasteiger partial charge in [-0.25, -0.2) is 0 Å². The molecular formula is C18H19BrClN3O2S. The number of hydrogen-bond acceptors (Lipinski definition) is 3. The van der Waals surface area contributed by atoms with E-state index in [1.54, 1.807) is 12.1 Å². The molecular weight excluding hydrogens is 438 g/mol. The molecule has 0 saturated heterocycles. The molecule has 0 aliphatic heterocycles. The lowest BCUT2D eigenvalue weighted by atomic mass is 10.3. The molecule has 0 atom stereocenters. The van der Waals surface area contributed by atoms with E-state index in [9.17, 15) is 4.79 Å². The smallest absolute Gasteiger partial charge is 0.221 e. The van der Waals surface area contributed by atoms with Crippen LogP contribution in [0.25, 0.3) is 0 Å². The topological polar surface area (TPSA) is 62.4 Å². The molecule has 8 heteroatoms. The standard InChI is InChI=1S/C18H19BrClN3O2S/c1-12(24)22-13-4-2-5-15(10-13)25-9-3-8-21-18(26)23-14-6-7-16(19)17(20)11-14/h2,4-7,10-11H,3,8-9H2,1H3,(H,22,24)(H2,21,23,26). The molecule has 0 radical (unpaired) electrons. The van der Waals surface area contributed by atoms with Crippen molar-refractivity contribution in [3.63, 3.8) is 0 Å². The molecule has 0 aliphatic rings. The molecule has 0 unspecified atom stereocenters. The van der Waals surface area contributed by atoms with E-state index in [0.29, 0.717) is 34.7 Å². The fourth-order valence-electron chi connectivity index (χ4n) is 2.08. The van der Waals surface area contributed by atoms with Gasteiger partial charge in [0.2, 0.25) is 5.91 Å². The first kappa shape index (κ1) is 20.5. The number of nitrogens with one attached hydrogen (secondary N) is 3. The minimum absolute atomic E-state index is 0.112. The highest BCUT2D eigenvalue weighted by Gasteiger charge is 2.02. The lowest BCUT2D eigenvalue weighted by Crippen LogP contribution is -2.30. The molecule has 0 saturated carbocycles. The summed E-state index contributed by atoms with van der Waals surface area (Å²) in [7, 11) is 0. The minimum atomic E-state index is -0.112. The predicted octanol–water partition coefficient (Wildman–Crippen LogP) is 4.82. The largest absolute Gasteiger partial charge is 0.493 e. The number of amides is 1. The van der Waals surface area contributed by atoms with E-state index >= 15 is 0 Å². The minimum Gasteiger partial charge on any atom is -0.493 e. The van der Waals surface area contributed by atoms with Crippen LogP contribution in [0.3, 0.4) is 0 Å². The maximum atomic E-state index is 11.1. The summed E-state index contributed by atoms with van der Waals surface area (Å²) in [6, 6.07) is 12.8. The number of carbonyl (C=O) groups excluding carboxylic acids is 1. The van der Waals surface area contributed by atoms with Crippen molar-refractivity contribution < 1.29 is 9.53 Å². The molecule has 138 valence electrons. The molecule has 3 N–H and O–H groups in total. The normalized spacial score (nSPS) is 10.1. The highest BCUT2D eigenvalue weighted by Crippen LogP contribution is 2.25. The van der Waals surface area contributed by atoms with Gasteiger partial charge in [0.25, 0.3) is 0 Å². The third kappa shape index (κ3) is 7.19. The van der Waals surface area contributed by atoms with Gasteiger partial charge in [-0.15, -0.1) is 0 Å². The zero-order valence-electron chi connectivity index (χ0n) is 14.1. The Hall–Kier alpha value is -1.83. The molecule has 2 rings (SSSR count). The van der Waals surface area contributed by atoms with Gasteiger partial charge in [0.05, 0.1) is 11.6 Å². The second-order valence-corrected chi connectivity index (χ2v) is 7.09. The maximum Gasteiger partial charge on any atom is 0.221 e. The number of anilines is 2. The summed E-state index contributed by atoms with van der Waals surface area (Å²) < 4.78 is 6.52. The van der Waals surface area contributed by atoms with Gasteiger partial charge in [0.15, 0.2) is 5.11 Å². The highest BCUT2D eigenvalue weighted by molar-refractivity contribution is 9.10. The summed E-state index contributed by atoms with van der Waals surface area (Å²) in [5, 5.41) is 10.1. The maximum absolute atomic E-state index is 11.1. The van der Waals surface area contributed by atoms with Crippen LogP contribution in [-0.4, -0.2) is 24.2 Å². The van der Waals surface area contributed by atoms with Crippen molar-refractivity contribution in [2.45, 2.75) is 13.3 Å². The quantitative estimate of drug-likeness (QED) is 0.412. The zero-order chi connectivity index (χ0) is 18.9. The molecule has 0 aromatic heterocycles. The third-order valence-corrected chi connectivity index (χ3v) is 4.69. The SMILES string of the molecule is CC(=O)Nc1cccc(OCCCNC(=S)Nc2ccc(Br)c(Cl)c2)c1. The first-order valence-electron chi connectivity index (χ1n) is 7.94. The Labute approximate surface area is 171 Å². The van der Waals surface area contributed by atoms with Gasteiger partial charge in [0, 0.05) is 35.4 Å². The average Bonchev–Trinajstić information content (AvgIpc) is 2.57. The van der Waals surface area contributed by atoms with Gasteiger partial charge in [-0.2, -0.15) is 0 Å². The van der Waals surface area contributed by atoms with Crippen LogP contribution in [0.5, 0.6) is 5.75 Å². The Bertz CT molecular complexity index is 789. The third-order valence-electron chi connectivity index (χ3n) is 3.21. The monoisotopic (exact) mass is 455 g/mol. The highest BCUT2D eigenvalue weighted by atomic mass is 79.9. The fraction of sp³-hybridized carbons (Fsp3) is 0.222. The lowest BCUT2D eigenvalue weighted by Gasteiger charge is -2.12. The van der Waals surface area contributed by atoms with E-state index in [1.807, 2.05) is 30.3 Å². The van der Waals surface area contributed by atoms with Crippen LogP contribution in [0.15, 0.2) is 46.9 Å². The Morgan fingerprint density at radius 1 is 1.19 bits per heavy atom. The molecule has 5 nitrogen and oxygen atoms in total. The average molecular weight is 457 g/mol. The van der Waals surface area contributed by atoms with Gasteiger partial charge in [0.1, 0.15) is 5.75 Å². The first-order chi connectivity index (χ1) is 12.4. The summed E-state index contributed by atoms with van der Waals surface area (Å²) in [5.74, 6) is 0.598. The van der Waals surface area contributed by atoms with Gasteiger partial charge >= 0.3 is 0 Å². The molecule has 0 bridgehead atoms. The molecule has 0 heterocycles. The van der Waals surface area contributed by atoms with Crippen molar-refractivity contribution >= 4 is 62.1 Å². The first-order valence-corrected chi connectivity index (χ1v) is 9.52. The number of thiocarbonyl (C=S) groups is 1. The van der Waals surface area contributed by atoms with Crippen LogP contribution in [0.4, 0.5) is 11.4 Å². The summed E-state index contributed by atoms with van der Waals surface area (Å²) in [6.45, 7) is 2.67. The second kappa shape index (κ2) is 10.4. The van der Waals surface area contributed by atoms with Gasteiger partial charge in [-0.3, -0.25) is 4.79 Å². The summed E-state index contributed by atoms with van der Waals surface area (Å²) >= 11 is 14.7. The number of benzene rings is 2. The van der Waals surface area contributed by atoms with Crippen molar-refractivity contribution in [3.05, 3.63) is 52.0 Å². The molecule has 0 fully saturated rings. The van der Waals surface area contributed by atoms with E-state index in [4.69, 9.17) is 28.6 Å². The summed E-state index contributed by atoms with van der Waals surface area (Å²) in [6.07, 6.45) is 0.771. The second-order valence-electron chi connectivity index (χ2n) is 5.42. The Kier molecular flexibility index (Phi) is 8.15. The molecule has 0 aliphatic carbocycles. The van der Waals surface area contributed by atoms with E-state index in [2.05, 4.69) is 31.9 Å². The van der Waals surface area contributed by atoms with E-state index in [-0.39, 0.29) is 5.91 Å². The molecule has 0 spiro atoms. The summed E-state index contributed by atoms with van der Waals surface area (Å²) in [5.41, 5.74) is 1.54. The molecule has 2 aromatic carbocycles. The van der Waals surface area contributed by atoms with E-state index in [0.717, 1.165) is 16.6 Å². The van der Waals surface area contributed by atoms with Crippen LogP contribution in [0.2, 0.25) is 5.02 Å². The Balaban J connectivity index is 1.67. The van der Waals surface area contributed by atoms with Gasteiger partial charge < -0.3 is 20.7 Å². The van der Waals surface area contributed by atoms with Crippen LogP contribution in [0, 0.1) is 0 Å². The van der Waals surface area contributed by atoms with Crippen LogP contribution in [-0.2, 0) is 4.79 Å². The van der Waals surface area contributed by atoms with Crippen LogP contribution >= 0.6 is 39.7 Å². The number of carbonyl (C=O) groups is 1. The van der Waals surface area contributed by atoms with Crippen LogP contribution < -0.4 is 20.7 Å². The van der Waals surface area contributed by atoms with Gasteiger partial charge in [-0.05, 0) is 64.9 Å². The van der Waals surface area contributed by atoms with Gasteiger partial charge in [-0.1, -0.05) is 17.7 Å². The molecule has 26 heavy (non-hydrogen) atoms. The predicted molar refractivity (Wildman–Crippen MR) is 114 cm³/mol. The zero-order valence-corrected chi connectivity index (χ0v) is 17.3. The van der Waals surface area contributed by atoms with Crippen molar-refractivity contribution in [2.24, 2.45) is 0 Å². The van der Waals surface area contributed by atoms with E-state index in [1.165, 1.54) is 6.92 Å². The number of ether oxygens (including phenoxy) is 1. The lowest BCUT2D eigenvalue weighted by molar-refractivity contribution is -0.114.